The third-order valence-electron chi connectivity index (χ3n) is 1.43. The molecule has 0 aromatic heterocycles. The summed E-state index contributed by atoms with van der Waals surface area (Å²) in [5, 5.41) is 0. The highest BCUT2D eigenvalue weighted by atomic mass is 16.1. The zero-order chi connectivity index (χ0) is 8.10. The van der Waals surface area contributed by atoms with Crippen molar-refractivity contribution in [1.29, 1.82) is 0 Å². The first-order valence-electron chi connectivity index (χ1n) is 3.55. The first kappa shape index (κ1) is 7.73. The van der Waals surface area contributed by atoms with E-state index < -0.39 is 0 Å². The smallest absolute Gasteiger partial charge is 0.150 e. The van der Waals surface area contributed by atoms with E-state index in [9.17, 15) is 4.79 Å². The maximum absolute atomic E-state index is 10.3. The van der Waals surface area contributed by atoms with Crippen molar-refractivity contribution < 1.29 is 4.79 Å². The Morgan fingerprint density at radius 2 is 1.64 bits per heavy atom. The third kappa shape index (κ3) is 2.04. The fraction of sp³-hybridized carbons (Fsp3) is 0.100. The lowest BCUT2D eigenvalue weighted by atomic mass is 10.1. The van der Waals surface area contributed by atoms with Crippen molar-refractivity contribution in [2.75, 3.05) is 0 Å². The summed E-state index contributed by atoms with van der Waals surface area (Å²) in [4.78, 5) is 10.3. The first-order valence-corrected chi connectivity index (χ1v) is 3.55. The molecule has 0 fully saturated rings. The number of rotatable bonds is 2. The molecule has 1 aromatic rings. The van der Waals surface area contributed by atoms with Gasteiger partial charge in [0, 0.05) is 5.56 Å². The molecule has 1 heteroatoms. The van der Waals surface area contributed by atoms with Gasteiger partial charge in [-0.1, -0.05) is 36.4 Å². The molecule has 0 bridgehead atoms. The van der Waals surface area contributed by atoms with Gasteiger partial charge in [0.25, 0.3) is 0 Å². The van der Waals surface area contributed by atoms with E-state index in [1.807, 2.05) is 43.3 Å². The SMILES string of the molecule is C/C=C/c1ccc(C=O)cc1. The van der Waals surface area contributed by atoms with Gasteiger partial charge in [-0.05, 0) is 12.5 Å². The van der Waals surface area contributed by atoms with Gasteiger partial charge in [0.2, 0.25) is 0 Å². The number of aldehydes is 1. The molecule has 1 nitrogen and oxygen atoms in total. The van der Waals surface area contributed by atoms with Crippen LogP contribution in [0.2, 0.25) is 0 Å². The van der Waals surface area contributed by atoms with Crippen LogP contribution in [0.5, 0.6) is 0 Å². The van der Waals surface area contributed by atoms with Gasteiger partial charge in [0.05, 0.1) is 0 Å². The fourth-order valence-electron chi connectivity index (χ4n) is 0.878. The molecule has 0 unspecified atom stereocenters. The molecule has 0 spiro atoms. The Kier molecular flexibility index (Phi) is 2.61. The van der Waals surface area contributed by atoms with E-state index in [0.29, 0.717) is 0 Å². The minimum Gasteiger partial charge on any atom is -0.298 e. The highest BCUT2D eigenvalue weighted by molar-refractivity contribution is 5.75. The lowest BCUT2D eigenvalue weighted by molar-refractivity contribution is 0.112. The van der Waals surface area contributed by atoms with Crippen LogP contribution in [0.15, 0.2) is 30.3 Å². The zero-order valence-corrected chi connectivity index (χ0v) is 6.45. The number of hydrogen-bond acceptors (Lipinski definition) is 1. The average Bonchev–Trinajstić information content (AvgIpc) is 2.07. The molecule has 0 saturated carbocycles. The molecule has 0 heterocycles. The topological polar surface area (TPSA) is 17.1 Å². The number of carbonyl (C=O) groups is 1. The molecule has 1 aromatic carbocycles. The van der Waals surface area contributed by atoms with Crippen LogP contribution < -0.4 is 0 Å². The van der Waals surface area contributed by atoms with Crippen LogP contribution in [0.25, 0.3) is 6.08 Å². The summed E-state index contributed by atoms with van der Waals surface area (Å²) in [5.74, 6) is 0. The quantitative estimate of drug-likeness (QED) is 0.586. The second-order valence-electron chi connectivity index (χ2n) is 2.28. The van der Waals surface area contributed by atoms with E-state index in [0.717, 1.165) is 17.4 Å². The van der Waals surface area contributed by atoms with Crippen molar-refractivity contribution in [2.24, 2.45) is 0 Å². The minimum atomic E-state index is 0.721. The lowest BCUT2D eigenvalue weighted by Crippen LogP contribution is -1.77. The van der Waals surface area contributed by atoms with Crippen LogP contribution in [0.1, 0.15) is 22.8 Å². The van der Waals surface area contributed by atoms with Crippen LogP contribution in [0, 0.1) is 0 Å². The lowest BCUT2D eigenvalue weighted by Gasteiger charge is -1.91. The monoisotopic (exact) mass is 146 g/mol. The Morgan fingerprint density at radius 1 is 1.09 bits per heavy atom. The number of carbonyl (C=O) groups excluding carboxylic acids is 1. The van der Waals surface area contributed by atoms with Crippen LogP contribution in [-0.4, -0.2) is 6.29 Å². The van der Waals surface area contributed by atoms with Crippen LogP contribution in [0.3, 0.4) is 0 Å². The largest absolute Gasteiger partial charge is 0.298 e. The van der Waals surface area contributed by atoms with Gasteiger partial charge in [-0.15, -0.1) is 0 Å². The highest BCUT2D eigenvalue weighted by Crippen LogP contribution is 2.03. The maximum atomic E-state index is 10.3. The van der Waals surface area contributed by atoms with Crippen molar-refractivity contribution in [3.8, 4) is 0 Å². The first-order chi connectivity index (χ1) is 5.36. The molecule has 0 radical (unpaired) electrons. The predicted molar refractivity (Wildman–Crippen MR) is 46.5 cm³/mol. The molecule has 0 N–H and O–H groups in total. The summed E-state index contributed by atoms with van der Waals surface area (Å²) in [6.45, 7) is 1.97. The molecule has 0 saturated heterocycles. The molecule has 0 amide bonds. The molecular formula is C10H10O. The summed E-state index contributed by atoms with van der Waals surface area (Å²) in [6, 6.07) is 7.46. The second kappa shape index (κ2) is 3.71. The van der Waals surface area contributed by atoms with Crippen molar-refractivity contribution >= 4 is 12.4 Å². The minimum absolute atomic E-state index is 0.721. The Morgan fingerprint density at radius 3 is 2.09 bits per heavy atom. The zero-order valence-electron chi connectivity index (χ0n) is 6.45. The van der Waals surface area contributed by atoms with Crippen LogP contribution in [-0.2, 0) is 0 Å². The van der Waals surface area contributed by atoms with E-state index in [-0.39, 0.29) is 0 Å². The van der Waals surface area contributed by atoms with Crippen molar-refractivity contribution in [2.45, 2.75) is 6.92 Å². The van der Waals surface area contributed by atoms with E-state index in [4.69, 9.17) is 0 Å². The predicted octanol–water partition coefficient (Wildman–Crippen LogP) is 2.53. The third-order valence-corrected chi connectivity index (χ3v) is 1.43. The van der Waals surface area contributed by atoms with Gasteiger partial charge in [-0.25, -0.2) is 0 Å². The number of allylic oxidation sites excluding steroid dienone is 1. The van der Waals surface area contributed by atoms with Gasteiger partial charge in [-0.2, -0.15) is 0 Å². The molecule has 0 aliphatic carbocycles. The summed E-state index contributed by atoms with van der Waals surface area (Å²) in [6.07, 6.45) is 4.81. The maximum Gasteiger partial charge on any atom is 0.150 e. The van der Waals surface area contributed by atoms with Gasteiger partial charge >= 0.3 is 0 Å². The molecule has 56 valence electrons. The summed E-state index contributed by atoms with van der Waals surface area (Å²) in [7, 11) is 0. The Hall–Kier alpha value is -1.37. The molecule has 0 aliphatic rings. The Labute approximate surface area is 66.4 Å². The van der Waals surface area contributed by atoms with Gasteiger partial charge in [-0.3, -0.25) is 4.79 Å². The number of hydrogen-bond donors (Lipinski definition) is 0. The Bertz CT molecular complexity index is 257. The molecule has 0 atom stereocenters. The fourth-order valence-corrected chi connectivity index (χ4v) is 0.878. The highest BCUT2D eigenvalue weighted by Gasteiger charge is 1.87. The van der Waals surface area contributed by atoms with Crippen LogP contribution >= 0.6 is 0 Å². The molecule has 1 rings (SSSR count). The standard InChI is InChI=1S/C10H10O/c1-2-3-9-4-6-10(8-11)7-5-9/h2-8H,1H3/b3-2+. The van der Waals surface area contributed by atoms with E-state index in [1.165, 1.54) is 0 Å². The van der Waals surface area contributed by atoms with Crippen molar-refractivity contribution in [3.63, 3.8) is 0 Å². The normalized spacial score (nSPS) is 10.3. The van der Waals surface area contributed by atoms with Crippen LogP contribution in [0.4, 0.5) is 0 Å². The summed E-state index contributed by atoms with van der Waals surface area (Å²) in [5.41, 5.74) is 1.84. The molecular weight excluding hydrogens is 136 g/mol. The van der Waals surface area contributed by atoms with Crippen molar-refractivity contribution in [3.05, 3.63) is 41.5 Å². The summed E-state index contributed by atoms with van der Waals surface area (Å²) >= 11 is 0. The number of benzene rings is 1. The molecule has 0 aliphatic heterocycles. The van der Waals surface area contributed by atoms with Gasteiger partial charge in [0.1, 0.15) is 6.29 Å². The van der Waals surface area contributed by atoms with E-state index in [1.54, 1.807) is 0 Å². The average molecular weight is 146 g/mol. The molecule has 11 heavy (non-hydrogen) atoms. The van der Waals surface area contributed by atoms with E-state index in [2.05, 4.69) is 0 Å². The van der Waals surface area contributed by atoms with Crippen molar-refractivity contribution in [1.82, 2.24) is 0 Å². The second-order valence-corrected chi connectivity index (χ2v) is 2.28. The van der Waals surface area contributed by atoms with Gasteiger partial charge < -0.3 is 0 Å². The van der Waals surface area contributed by atoms with Gasteiger partial charge in [0.15, 0.2) is 0 Å². The summed E-state index contributed by atoms with van der Waals surface area (Å²) < 4.78 is 0. The Balaban J connectivity index is 2.91. The van der Waals surface area contributed by atoms with E-state index >= 15 is 0 Å².